The molecule has 0 spiro atoms. The average molecular weight is 539 g/mol. The second kappa shape index (κ2) is 11.5. The van der Waals surface area contributed by atoms with E-state index in [0.29, 0.717) is 28.0 Å². The van der Waals surface area contributed by atoms with Crippen molar-refractivity contribution in [2.45, 2.75) is 28.0 Å². The van der Waals surface area contributed by atoms with Crippen molar-refractivity contribution >= 4 is 33.2 Å². The number of sulfone groups is 1. The molecule has 0 saturated carbocycles. The lowest BCUT2D eigenvalue weighted by Crippen LogP contribution is -2.23. The Balaban J connectivity index is 1.61. The number of nitrogens with zero attached hydrogens (tertiary/aromatic N) is 3. The molecule has 1 aromatic heterocycles. The maximum atomic E-state index is 13.1. The summed E-state index contributed by atoms with van der Waals surface area (Å²) in [4.78, 5) is 13.3. The van der Waals surface area contributed by atoms with Gasteiger partial charge in [-0.3, -0.25) is 9.36 Å². The van der Waals surface area contributed by atoms with Crippen LogP contribution in [0.2, 0.25) is 0 Å². The molecule has 1 amide bonds. The van der Waals surface area contributed by atoms with Gasteiger partial charge in [0.25, 0.3) is 0 Å². The standard InChI is InChI=1S/C26H26N4O5S2/c1-18(25(31)27-22-16-20(34-2)14-15-23(22)35-3)36-26-29-28-24(30(26)19-10-6-4-7-11-19)17-37(32,33)21-12-8-5-9-13-21/h4-16,18H,17H2,1-3H3,(H,27,31). The van der Waals surface area contributed by atoms with Crippen molar-refractivity contribution in [3.63, 3.8) is 0 Å². The predicted molar refractivity (Wildman–Crippen MR) is 142 cm³/mol. The Bertz CT molecular complexity index is 1480. The third kappa shape index (κ3) is 6.12. The Morgan fingerprint density at radius 3 is 2.30 bits per heavy atom. The SMILES string of the molecule is COc1ccc(OC)c(NC(=O)C(C)Sc2nnc(CS(=O)(=O)c3ccccc3)n2-c2ccccc2)c1. The smallest absolute Gasteiger partial charge is 0.237 e. The van der Waals surface area contributed by atoms with Gasteiger partial charge in [-0.05, 0) is 43.3 Å². The van der Waals surface area contributed by atoms with Crippen molar-refractivity contribution in [1.29, 1.82) is 0 Å². The van der Waals surface area contributed by atoms with Gasteiger partial charge in [0.1, 0.15) is 17.3 Å². The number of thioether (sulfide) groups is 1. The highest BCUT2D eigenvalue weighted by Gasteiger charge is 2.25. The first-order chi connectivity index (χ1) is 17.8. The average Bonchev–Trinajstić information content (AvgIpc) is 3.30. The van der Waals surface area contributed by atoms with E-state index in [1.165, 1.54) is 26.0 Å². The second-order valence-corrected chi connectivity index (χ2v) is 11.3. The van der Waals surface area contributed by atoms with Crippen LogP contribution in [0, 0.1) is 0 Å². The van der Waals surface area contributed by atoms with Gasteiger partial charge in [-0.1, -0.05) is 48.2 Å². The number of amides is 1. The van der Waals surface area contributed by atoms with Crippen LogP contribution in [0.25, 0.3) is 5.69 Å². The number of nitrogens with one attached hydrogen (secondary N) is 1. The maximum absolute atomic E-state index is 13.1. The highest BCUT2D eigenvalue weighted by molar-refractivity contribution is 8.00. The number of methoxy groups -OCH3 is 2. The van der Waals surface area contributed by atoms with Crippen LogP contribution in [0.5, 0.6) is 11.5 Å². The van der Waals surface area contributed by atoms with E-state index in [0.717, 1.165) is 0 Å². The normalized spacial score (nSPS) is 12.1. The lowest BCUT2D eigenvalue weighted by atomic mass is 10.2. The maximum Gasteiger partial charge on any atom is 0.237 e. The first-order valence-electron chi connectivity index (χ1n) is 11.3. The van der Waals surface area contributed by atoms with Gasteiger partial charge in [0.2, 0.25) is 5.91 Å². The summed E-state index contributed by atoms with van der Waals surface area (Å²) >= 11 is 1.17. The summed E-state index contributed by atoms with van der Waals surface area (Å²) < 4.78 is 38.4. The molecule has 0 aliphatic rings. The van der Waals surface area contributed by atoms with Crippen molar-refractivity contribution in [2.24, 2.45) is 0 Å². The summed E-state index contributed by atoms with van der Waals surface area (Å²) in [6.07, 6.45) is 0. The largest absolute Gasteiger partial charge is 0.497 e. The number of rotatable bonds is 10. The number of anilines is 1. The van der Waals surface area contributed by atoms with Gasteiger partial charge in [0.05, 0.1) is 30.1 Å². The molecule has 37 heavy (non-hydrogen) atoms. The van der Waals surface area contributed by atoms with Crippen molar-refractivity contribution in [3.8, 4) is 17.2 Å². The zero-order chi connectivity index (χ0) is 26.4. The van der Waals surface area contributed by atoms with Gasteiger partial charge in [0.15, 0.2) is 20.8 Å². The number of carbonyl (C=O) groups excluding carboxylic acids is 1. The number of hydrogen-bond acceptors (Lipinski definition) is 8. The van der Waals surface area contributed by atoms with Gasteiger partial charge in [-0.2, -0.15) is 0 Å². The molecule has 0 fully saturated rings. The third-order valence-electron chi connectivity index (χ3n) is 5.45. The van der Waals surface area contributed by atoms with Crippen LogP contribution in [0.15, 0.2) is 88.9 Å². The number of aromatic nitrogens is 3. The van der Waals surface area contributed by atoms with E-state index in [4.69, 9.17) is 9.47 Å². The Morgan fingerprint density at radius 1 is 0.973 bits per heavy atom. The lowest BCUT2D eigenvalue weighted by molar-refractivity contribution is -0.115. The number of benzene rings is 3. The molecule has 9 nitrogen and oxygen atoms in total. The van der Waals surface area contributed by atoms with E-state index in [1.54, 1.807) is 60.0 Å². The highest BCUT2D eigenvalue weighted by atomic mass is 32.2. The molecule has 0 saturated heterocycles. The van der Waals surface area contributed by atoms with Crippen molar-refractivity contribution < 1.29 is 22.7 Å². The molecule has 11 heteroatoms. The van der Waals surface area contributed by atoms with Crippen molar-refractivity contribution in [2.75, 3.05) is 19.5 Å². The van der Waals surface area contributed by atoms with Gasteiger partial charge < -0.3 is 14.8 Å². The molecule has 1 unspecified atom stereocenters. The fourth-order valence-electron chi connectivity index (χ4n) is 3.55. The van der Waals surface area contributed by atoms with Crippen molar-refractivity contribution in [1.82, 2.24) is 14.8 Å². The third-order valence-corrected chi connectivity index (χ3v) is 8.12. The Kier molecular flexibility index (Phi) is 8.14. The molecule has 0 bridgehead atoms. The van der Waals surface area contributed by atoms with Gasteiger partial charge >= 0.3 is 0 Å². The van der Waals surface area contributed by atoms with Gasteiger partial charge in [-0.15, -0.1) is 10.2 Å². The summed E-state index contributed by atoms with van der Waals surface area (Å²) in [5.74, 6) is 0.676. The summed E-state index contributed by atoms with van der Waals surface area (Å²) in [7, 11) is -0.612. The summed E-state index contributed by atoms with van der Waals surface area (Å²) in [6, 6.07) is 22.5. The molecule has 1 N–H and O–H groups in total. The molecule has 1 atom stereocenters. The van der Waals surface area contributed by atoms with Crippen LogP contribution in [0.4, 0.5) is 5.69 Å². The Labute approximate surface area is 219 Å². The fraction of sp³-hybridized carbons (Fsp3) is 0.192. The zero-order valence-corrected chi connectivity index (χ0v) is 22.1. The molecular weight excluding hydrogens is 512 g/mol. The molecule has 192 valence electrons. The molecule has 4 aromatic rings. The van der Waals surface area contributed by atoms with Crippen LogP contribution in [0.1, 0.15) is 12.7 Å². The zero-order valence-electron chi connectivity index (χ0n) is 20.5. The monoisotopic (exact) mass is 538 g/mol. The van der Waals surface area contributed by atoms with E-state index in [1.807, 2.05) is 30.3 Å². The van der Waals surface area contributed by atoms with Crippen LogP contribution in [-0.2, 0) is 20.4 Å². The topological polar surface area (TPSA) is 112 Å². The Morgan fingerprint density at radius 2 is 1.65 bits per heavy atom. The second-order valence-electron chi connectivity index (χ2n) is 7.96. The fourth-order valence-corrected chi connectivity index (χ4v) is 5.70. The van der Waals surface area contributed by atoms with E-state index < -0.39 is 15.1 Å². The predicted octanol–water partition coefficient (Wildman–Crippen LogP) is 4.38. The molecule has 3 aromatic carbocycles. The Hall–Kier alpha value is -3.83. The van der Waals surface area contributed by atoms with Gasteiger partial charge in [-0.25, -0.2) is 8.42 Å². The molecule has 0 aliphatic carbocycles. The quantitative estimate of drug-likeness (QED) is 0.296. The first-order valence-corrected chi connectivity index (χ1v) is 13.8. The number of para-hydroxylation sites is 1. The van der Waals surface area contributed by atoms with Crippen LogP contribution in [-0.4, -0.2) is 48.6 Å². The van der Waals surface area contributed by atoms with Crippen molar-refractivity contribution in [3.05, 3.63) is 84.7 Å². The van der Waals surface area contributed by atoms with Gasteiger partial charge in [0, 0.05) is 11.8 Å². The first kappa shape index (κ1) is 26.2. The lowest BCUT2D eigenvalue weighted by Gasteiger charge is -2.16. The van der Waals surface area contributed by atoms with E-state index in [2.05, 4.69) is 15.5 Å². The van der Waals surface area contributed by atoms with E-state index >= 15 is 0 Å². The minimum Gasteiger partial charge on any atom is -0.497 e. The van der Waals surface area contributed by atoms with Crippen LogP contribution >= 0.6 is 11.8 Å². The number of ether oxygens (including phenoxy) is 2. The number of hydrogen-bond donors (Lipinski definition) is 1. The minimum absolute atomic E-state index is 0.201. The molecule has 0 aliphatic heterocycles. The minimum atomic E-state index is -3.67. The summed E-state index contributed by atoms with van der Waals surface area (Å²) in [5.41, 5.74) is 1.16. The summed E-state index contributed by atoms with van der Waals surface area (Å²) in [6.45, 7) is 1.73. The number of carbonyl (C=O) groups is 1. The van der Waals surface area contributed by atoms with Crippen LogP contribution < -0.4 is 14.8 Å². The molecule has 0 radical (unpaired) electrons. The van der Waals surface area contributed by atoms with E-state index in [-0.39, 0.29) is 22.4 Å². The van der Waals surface area contributed by atoms with E-state index in [9.17, 15) is 13.2 Å². The molecular formula is C26H26N4O5S2. The highest BCUT2D eigenvalue weighted by Crippen LogP contribution is 2.31. The molecule has 1 heterocycles. The molecule has 4 rings (SSSR count). The van der Waals surface area contributed by atoms with Crippen LogP contribution in [0.3, 0.4) is 0 Å². The summed E-state index contributed by atoms with van der Waals surface area (Å²) in [5, 5.41) is 11.1.